The summed E-state index contributed by atoms with van der Waals surface area (Å²) in [6.45, 7) is 1.99. The van der Waals surface area contributed by atoms with E-state index in [1.54, 1.807) is 23.9 Å². The van der Waals surface area contributed by atoms with Crippen LogP contribution in [0.25, 0.3) is 0 Å². The molecule has 5 heteroatoms. The van der Waals surface area contributed by atoms with Crippen LogP contribution in [0.2, 0.25) is 0 Å². The van der Waals surface area contributed by atoms with E-state index in [-0.39, 0.29) is 12.1 Å². The van der Waals surface area contributed by atoms with Crippen LogP contribution in [0, 0.1) is 0 Å². The van der Waals surface area contributed by atoms with Crippen LogP contribution in [-0.2, 0) is 9.09 Å². The van der Waals surface area contributed by atoms with Crippen molar-refractivity contribution >= 4 is 7.75 Å². The van der Waals surface area contributed by atoms with E-state index < -0.39 is 7.75 Å². The van der Waals surface area contributed by atoms with Gasteiger partial charge in [0.1, 0.15) is 11.9 Å². The van der Waals surface area contributed by atoms with Crippen molar-refractivity contribution in [1.29, 1.82) is 0 Å². The average Bonchev–Trinajstić information content (AvgIpc) is 2.74. The largest absolute Gasteiger partial charge is 0.462 e. The van der Waals surface area contributed by atoms with E-state index in [1.807, 2.05) is 55.5 Å². The first kappa shape index (κ1) is 14.3. The normalized spacial score (nSPS) is 29.4. The van der Waals surface area contributed by atoms with Crippen molar-refractivity contribution in [2.45, 2.75) is 19.1 Å². The van der Waals surface area contributed by atoms with E-state index in [0.717, 1.165) is 5.56 Å². The standard InChI is InChI=1S/C16H18NO3P/c1-13-16(14-9-5-3-6-10-14)20-21(18,17(13)2)19-15-11-7-4-8-12-15/h3-13,16H,1-2H3/t13-,16-,21?/m0/s1. The summed E-state index contributed by atoms with van der Waals surface area (Å²) in [5, 5.41) is 0. The molecule has 0 saturated carbocycles. The number of hydrogen-bond acceptors (Lipinski definition) is 3. The Morgan fingerprint density at radius 3 is 2.24 bits per heavy atom. The summed E-state index contributed by atoms with van der Waals surface area (Å²) in [5.41, 5.74) is 1.01. The molecule has 1 saturated heterocycles. The third-order valence-electron chi connectivity index (χ3n) is 3.75. The van der Waals surface area contributed by atoms with E-state index in [0.29, 0.717) is 5.75 Å². The molecule has 0 aromatic heterocycles. The number of nitrogens with zero attached hydrogens (tertiary/aromatic N) is 1. The van der Waals surface area contributed by atoms with Crippen LogP contribution in [0.5, 0.6) is 5.75 Å². The molecule has 0 radical (unpaired) electrons. The minimum Gasteiger partial charge on any atom is -0.413 e. The predicted molar refractivity (Wildman–Crippen MR) is 82.2 cm³/mol. The van der Waals surface area contributed by atoms with Gasteiger partial charge in [0, 0.05) is 6.04 Å². The second-order valence-electron chi connectivity index (χ2n) is 5.12. The van der Waals surface area contributed by atoms with E-state index >= 15 is 0 Å². The Morgan fingerprint density at radius 2 is 1.62 bits per heavy atom. The van der Waals surface area contributed by atoms with E-state index in [9.17, 15) is 4.57 Å². The molecule has 0 N–H and O–H groups in total. The Hall–Kier alpha value is -1.61. The fourth-order valence-corrected chi connectivity index (χ4v) is 4.27. The quantitative estimate of drug-likeness (QED) is 0.794. The smallest absolute Gasteiger partial charge is 0.413 e. The zero-order valence-corrected chi connectivity index (χ0v) is 12.9. The van der Waals surface area contributed by atoms with Crippen LogP contribution in [0.15, 0.2) is 60.7 Å². The lowest BCUT2D eigenvalue weighted by molar-refractivity contribution is 0.197. The van der Waals surface area contributed by atoms with Crippen LogP contribution < -0.4 is 4.52 Å². The summed E-state index contributed by atoms with van der Waals surface area (Å²) in [4.78, 5) is 0. The fraction of sp³-hybridized carbons (Fsp3) is 0.250. The van der Waals surface area contributed by atoms with Gasteiger partial charge < -0.3 is 4.52 Å². The van der Waals surface area contributed by atoms with E-state index in [1.165, 1.54) is 0 Å². The minimum atomic E-state index is -3.33. The van der Waals surface area contributed by atoms with Gasteiger partial charge in [-0.15, -0.1) is 0 Å². The van der Waals surface area contributed by atoms with Gasteiger partial charge in [0.05, 0.1) is 0 Å². The zero-order valence-electron chi connectivity index (χ0n) is 12.0. The fourth-order valence-electron chi connectivity index (χ4n) is 2.41. The maximum absolute atomic E-state index is 13.0. The number of likely N-dealkylation sites (N-methyl/N-ethyl adjacent to an activating group) is 1. The molecule has 1 aliphatic heterocycles. The molecule has 2 aromatic rings. The SMILES string of the molecule is C[C@H]1[C@@H](c2ccccc2)OP(=O)(Oc2ccccc2)N1C. The van der Waals surface area contributed by atoms with Gasteiger partial charge in [-0.25, -0.2) is 4.57 Å². The summed E-state index contributed by atoms with van der Waals surface area (Å²) in [6, 6.07) is 18.9. The maximum Gasteiger partial charge on any atom is 0.462 e. The molecule has 1 heterocycles. The van der Waals surface area contributed by atoms with Gasteiger partial charge in [-0.2, -0.15) is 4.67 Å². The molecule has 0 spiro atoms. The van der Waals surface area contributed by atoms with Crippen LogP contribution in [0.4, 0.5) is 0 Å². The molecular formula is C16H18NO3P. The molecule has 0 amide bonds. The van der Waals surface area contributed by atoms with Crippen molar-refractivity contribution < 1.29 is 13.6 Å². The molecule has 3 atom stereocenters. The minimum absolute atomic E-state index is 0.0260. The molecule has 2 aromatic carbocycles. The van der Waals surface area contributed by atoms with Crippen molar-refractivity contribution in [3.05, 3.63) is 66.2 Å². The molecule has 4 nitrogen and oxygen atoms in total. The van der Waals surface area contributed by atoms with Gasteiger partial charge in [0.2, 0.25) is 0 Å². The summed E-state index contributed by atoms with van der Waals surface area (Å²) in [7, 11) is -1.55. The Bertz CT molecular complexity index is 647. The van der Waals surface area contributed by atoms with Crippen molar-refractivity contribution in [3.63, 3.8) is 0 Å². The molecule has 1 aliphatic rings. The maximum atomic E-state index is 13.0. The summed E-state index contributed by atoms with van der Waals surface area (Å²) < 4.78 is 26.2. The Balaban J connectivity index is 1.86. The van der Waals surface area contributed by atoms with Crippen molar-refractivity contribution in [2.24, 2.45) is 0 Å². The first-order valence-corrected chi connectivity index (χ1v) is 8.41. The molecule has 21 heavy (non-hydrogen) atoms. The number of benzene rings is 2. The van der Waals surface area contributed by atoms with E-state index in [4.69, 9.17) is 9.05 Å². The van der Waals surface area contributed by atoms with Gasteiger partial charge in [0.15, 0.2) is 0 Å². The summed E-state index contributed by atoms with van der Waals surface area (Å²) in [5.74, 6) is 0.550. The molecular weight excluding hydrogens is 285 g/mol. The first-order valence-electron chi connectivity index (χ1n) is 6.91. The van der Waals surface area contributed by atoms with Crippen LogP contribution in [0.1, 0.15) is 18.6 Å². The van der Waals surface area contributed by atoms with Crippen LogP contribution >= 0.6 is 7.75 Å². The molecule has 3 rings (SSSR count). The monoisotopic (exact) mass is 303 g/mol. The van der Waals surface area contributed by atoms with Gasteiger partial charge in [-0.1, -0.05) is 48.5 Å². The number of hydrogen-bond donors (Lipinski definition) is 0. The second-order valence-corrected chi connectivity index (χ2v) is 7.09. The van der Waals surface area contributed by atoms with E-state index in [2.05, 4.69) is 0 Å². The topological polar surface area (TPSA) is 38.8 Å². The Kier molecular flexibility index (Phi) is 3.85. The lowest BCUT2D eigenvalue weighted by Gasteiger charge is -2.20. The van der Waals surface area contributed by atoms with Crippen molar-refractivity contribution in [2.75, 3.05) is 7.05 Å². The summed E-state index contributed by atoms with van der Waals surface area (Å²) >= 11 is 0. The second kappa shape index (κ2) is 5.64. The van der Waals surface area contributed by atoms with Gasteiger partial charge in [-0.3, -0.25) is 4.52 Å². The highest BCUT2D eigenvalue weighted by atomic mass is 31.2. The molecule has 0 aliphatic carbocycles. The van der Waals surface area contributed by atoms with Crippen molar-refractivity contribution in [1.82, 2.24) is 4.67 Å². The third-order valence-corrected chi connectivity index (χ3v) is 5.82. The first-order chi connectivity index (χ1) is 10.1. The number of para-hydroxylation sites is 1. The average molecular weight is 303 g/mol. The number of rotatable bonds is 3. The highest BCUT2D eigenvalue weighted by Gasteiger charge is 2.49. The third kappa shape index (κ3) is 2.75. The van der Waals surface area contributed by atoms with Gasteiger partial charge in [-0.05, 0) is 31.7 Å². The zero-order chi connectivity index (χ0) is 14.9. The molecule has 110 valence electrons. The molecule has 1 fully saturated rings. The summed E-state index contributed by atoms with van der Waals surface area (Å²) in [6.07, 6.45) is -0.259. The Morgan fingerprint density at radius 1 is 1.05 bits per heavy atom. The highest BCUT2D eigenvalue weighted by Crippen LogP contribution is 2.62. The van der Waals surface area contributed by atoms with Gasteiger partial charge in [0.25, 0.3) is 0 Å². The van der Waals surface area contributed by atoms with Gasteiger partial charge >= 0.3 is 7.75 Å². The predicted octanol–water partition coefficient (Wildman–Crippen LogP) is 4.27. The van der Waals surface area contributed by atoms with Crippen LogP contribution in [0.3, 0.4) is 0 Å². The molecule has 0 bridgehead atoms. The van der Waals surface area contributed by atoms with Crippen LogP contribution in [-0.4, -0.2) is 17.8 Å². The molecule has 1 unspecified atom stereocenters. The van der Waals surface area contributed by atoms with Crippen molar-refractivity contribution in [3.8, 4) is 5.75 Å². The Labute approximate surface area is 124 Å². The highest BCUT2D eigenvalue weighted by molar-refractivity contribution is 7.52. The lowest BCUT2D eigenvalue weighted by atomic mass is 10.0. The lowest BCUT2D eigenvalue weighted by Crippen LogP contribution is -2.24.